The van der Waals surface area contributed by atoms with Crippen LogP contribution in [0.25, 0.3) is 11.3 Å². The van der Waals surface area contributed by atoms with Crippen LogP contribution < -0.4 is 15.5 Å². The highest BCUT2D eigenvalue weighted by Gasteiger charge is 2.49. The quantitative estimate of drug-likeness (QED) is 0.861. The van der Waals surface area contributed by atoms with Gasteiger partial charge in [0, 0.05) is 30.6 Å². The van der Waals surface area contributed by atoms with Gasteiger partial charge in [-0.25, -0.2) is 23.7 Å². The number of hydrogen-bond acceptors (Lipinski definition) is 8. The van der Waals surface area contributed by atoms with Crippen molar-refractivity contribution in [2.24, 2.45) is 0 Å². The van der Waals surface area contributed by atoms with E-state index in [1.165, 1.54) is 4.90 Å². The van der Waals surface area contributed by atoms with Crippen molar-refractivity contribution in [2.45, 2.75) is 18.1 Å². The number of rotatable bonds is 3. The van der Waals surface area contributed by atoms with Gasteiger partial charge in [0.25, 0.3) is 5.92 Å². The summed E-state index contributed by atoms with van der Waals surface area (Å²) >= 11 is 0. The number of nitrogens with two attached hydrogens (primary N) is 1. The summed E-state index contributed by atoms with van der Waals surface area (Å²) < 4.78 is 31.9. The number of aromatic nitrogens is 4. The number of morpholine rings is 1. The molecule has 0 radical (unpaired) electrons. The van der Waals surface area contributed by atoms with Gasteiger partial charge in [0.1, 0.15) is 5.82 Å². The summed E-state index contributed by atoms with van der Waals surface area (Å²) in [5.41, 5.74) is 6.77. The second-order valence-corrected chi connectivity index (χ2v) is 6.54. The average molecular weight is 347 g/mol. The van der Waals surface area contributed by atoms with Crippen LogP contribution in [0, 0.1) is 0 Å². The molecule has 1 unspecified atom stereocenters. The predicted octanol–water partition coefficient (Wildman–Crippen LogP) is 0.558. The summed E-state index contributed by atoms with van der Waals surface area (Å²) in [7, 11) is 0. The van der Waals surface area contributed by atoms with Crippen molar-refractivity contribution < 1.29 is 13.5 Å². The molecule has 0 saturated carbocycles. The molecule has 130 valence electrons. The molecule has 25 heavy (non-hydrogen) atoms. The fraction of sp³-hybridized carbons (Fsp3) is 0.467. The van der Waals surface area contributed by atoms with Crippen molar-refractivity contribution in [2.75, 3.05) is 41.8 Å². The predicted molar refractivity (Wildman–Crippen MR) is 85.5 cm³/mol. The molecule has 2 aromatic rings. The summed E-state index contributed by atoms with van der Waals surface area (Å²) in [6.45, 7) is 0.660. The van der Waals surface area contributed by atoms with E-state index in [-0.39, 0.29) is 25.1 Å². The van der Waals surface area contributed by atoms with E-state index >= 15 is 0 Å². The number of fused-ring (bicyclic) bond motifs is 1. The first-order chi connectivity index (χ1) is 12.0. The van der Waals surface area contributed by atoms with Crippen LogP contribution in [-0.4, -0.2) is 64.2 Å². The van der Waals surface area contributed by atoms with Crippen LogP contribution >= 0.6 is 0 Å². The highest BCUT2D eigenvalue weighted by atomic mass is 19.3. The van der Waals surface area contributed by atoms with Gasteiger partial charge in [-0.3, -0.25) is 0 Å². The van der Waals surface area contributed by atoms with Crippen LogP contribution in [0.2, 0.25) is 0 Å². The Labute approximate surface area is 141 Å². The number of anilines is 3. The van der Waals surface area contributed by atoms with Crippen LogP contribution in [0.5, 0.6) is 0 Å². The molecule has 2 N–H and O–H groups in total. The van der Waals surface area contributed by atoms with Gasteiger partial charge < -0.3 is 20.3 Å². The molecule has 0 bridgehead atoms. The van der Waals surface area contributed by atoms with E-state index in [9.17, 15) is 8.78 Å². The minimum atomic E-state index is -2.69. The normalized spacial score (nSPS) is 26.3. The first-order valence-corrected chi connectivity index (χ1v) is 7.96. The molecule has 2 aromatic heterocycles. The van der Waals surface area contributed by atoms with Crippen LogP contribution in [0.4, 0.5) is 26.5 Å². The van der Waals surface area contributed by atoms with Crippen molar-refractivity contribution in [1.82, 2.24) is 19.9 Å². The maximum atomic E-state index is 13.2. The lowest BCUT2D eigenvalue weighted by Crippen LogP contribution is -2.71. The van der Waals surface area contributed by atoms with Crippen molar-refractivity contribution >= 4 is 17.7 Å². The fourth-order valence-corrected chi connectivity index (χ4v) is 3.22. The highest BCUT2D eigenvalue weighted by molar-refractivity contribution is 5.65. The zero-order valence-corrected chi connectivity index (χ0v) is 13.1. The topological polar surface area (TPSA) is 93.3 Å². The van der Waals surface area contributed by atoms with Gasteiger partial charge in [-0.2, -0.15) is 4.98 Å². The van der Waals surface area contributed by atoms with E-state index in [4.69, 9.17) is 10.5 Å². The second kappa shape index (κ2) is 4.94. The number of nitrogens with zero attached hydrogens (tertiary/aromatic N) is 6. The number of hydrogen-bond donors (Lipinski definition) is 1. The molecule has 5 heterocycles. The van der Waals surface area contributed by atoms with E-state index in [1.54, 1.807) is 12.4 Å². The molecule has 0 spiro atoms. The molecule has 0 aromatic carbocycles. The van der Waals surface area contributed by atoms with E-state index < -0.39 is 5.92 Å². The van der Waals surface area contributed by atoms with Gasteiger partial charge in [0.05, 0.1) is 37.5 Å². The number of ether oxygens (including phenoxy) is 1. The zero-order chi connectivity index (χ0) is 17.2. The Morgan fingerprint density at radius 2 is 1.96 bits per heavy atom. The highest BCUT2D eigenvalue weighted by Crippen LogP contribution is 2.37. The first kappa shape index (κ1) is 14.7. The summed E-state index contributed by atoms with van der Waals surface area (Å²) in [6, 6.07) is 2.13. The second-order valence-electron chi connectivity index (χ2n) is 6.54. The maximum Gasteiger partial charge on any atom is 0.282 e. The lowest BCUT2D eigenvalue weighted by atomic mass is 9.95. The van der Waals surface area contributed by atoms with Gasteiger partial charge in [-0.15, -0.1) is 0 Å². The zero-order valence-electron chi connectivity index (χ0n) is 13.1. The molecule has 0 amide bonds. The summed E-state index contributed by atoms with van der Waals surface area (Å²) in [6.07, 6.45) is 3.37. The summed E-state index contributed by atoms with van der Waals surface area (Å²) in [5.74, 6) is -1.53. The van der Waals surface area contributed by atoms with Crippen molar-refractivity contribution in [1.29, 1.82) is 0 Å². The van der Waals surface area contributed by atoms with Gasteiger partial charge in [-0.05, 0) is 0 Å². The molecule has 10 heteroatoms. The Bertz CT molecular complexity index is 823. The third-order valence-corrected chi connectivity index (χ3v) is 4.78. The monoisotopic (exact) mass is 347 g/mol. The molecule has 3 saturated heterocycles. The Morgan fingerprint density at radius 3 is 2.52 bits per heavy atom. The molecular weight excluding hydrogens is 332 g/mol. The third-order valence-electron chi connectivity index (χ3n) is 4.78. The van der Waals surface area contributed by atoms with Crippen molar-refractivity contribution in [3.8, 4) is 11.3 Å². The minimum Gasteiger partial charge on any atom is -0.372 e. The molecule has 3 aliphatic rings. The maximum absolute atomic E-state index is 13.2. The Hall–Kier alpha value is -2.62. The molecule has 2 atom stereocenters. The van der Waals surface area contributed by atoms with E-state index in [1.807, 2.05) is 6.07 Å². The van der Waals surface area contributed by atoms with Gasteiger partial charge >= 0.3 is 0 Å². The minimum absolute atomic E-state index is 0.165. The summed E-state index contributed by atoms with van der Waals surface area (Å²) in [4.78, 5) is 20.4. The van der Waals surface area contributed by atoms with E-state index in [0.717, 1.165) is 6.54 Å². The van der Waals surface area contributed by atoms with Crippen LogP contribution in [-0.2, 0) is 4.74 Å². The lowest BCUT2D eigenvalue weighted by Gasteiger charge is -2.55. The number of halogens is 2. The van der Waals surface area contributed by atoms with Gasteiger partial charge in [0.15, 0.2) is 0 Å². The van der Waals surface area contributed by atoms with Crippen molar-refractivity contribution in [3.05, 3.63) is 18.5 Å². The van der Waals surface area contributed by atoms with Gasteiger partial charge in [-0.1, -0.05) is 0 Å². The summed E-state index contributed by atoms with van der Waals surface area (Å²) in [5, 5.41) is 0. The standard InChI is InChI=1S/C15H15F2N7O/c16-15(17)6-23(7-15)14-21-9(8-2-19-13(18)20-3-8)1-12(22-14)24-4-11-10(24)5-25-11/h1-3,10-11H,4-7H2,(H2,18,19,20)/t10-,11?/m1/s1. The lowest BCUT2D eigenvalue weighted by molar-refractivity contribution is -0.113. The van der Waals surface area contributed by atoms with E-state index in [2.05, 4.69) is 24.8 Å². The van der Waals surface area contributed by atoms with Crippen LogP contribution in [0.1, 0.15) is 0 Å². The Balaban J connectivity index is 1.52. The molecule has 3 fully saturated rings. The van der Waals surface area contributed by atoms with Crippen LogP contribution in [0.3, 0.4) is 0 Å². The number of nitrogen functional groups attached to an aromatic ring is 1. The largest absolute Gasteiger partial charge is 0.372 e. The molecule has 0 aliphatic carbocycles. The molecular formula is C15H15F2N7O. The first-order valence-electron chi connectivity index (χ1n) is 7.96. The van der Waals surface area contributed by atoms with Gasteiger partial charge in [0.2, 0.25) is 11.9 Å². The number of alkyl halides is 2. The fourth-order valence-electron chi connectivity index (χ4n) is 3.22. The van der Waals surface area contributed by atoms with Crippen LogP contribution in [0.15, 0.2) is 18.5 Å². The van der Waals surface area contributed by atoms with E-state index in [0.29, 0.717) is 35.7 Å². The SMILES string of the molecule is Nc1ncc(-c2cc(N3CC4OC[C@H]43)nc(N3CC(F)(F)C3)n2)cn1. The molecule has 5 rings (SSSR count). The smallest absolute Gasteiger partial charge is 0.282 e. The Morgan fingerprint density at radius 1 is 1.20 bits per heavy atom. The molecule has 8 nitrogen and oxygen atoms in total. The molecule has 3 aliphatic heterocycles. The Kier molecular flexibility index (Phi) is 2.91. The third kappa shape index (κ3) is 2.36. The van der Waals surface area contributed by atoms with Crippen molar-refractivity contribution in [3.63, 3.8) is 0 Å². The average Bonchev–Trinajstić information content (AvgIpc) is 2.55.